The highest BCUT2D eigenvalue weighted by Gasteiger charge is 2.69. The number of aliphatic carboxylic acids is 1. The number of rotatable bonds is 6. The molecule has 2 amide bonds. The summed E-state index contributed by atoms with van der Waals surface area (Å²) in [5, 5.41) is 13.4. The lowest BCUT2D eigenvalue weighted by Gasteiger charge is -2.34. The summed E-state index contributed by atoms with van der Waals surface area (Å²) in [6.07, 6.45) is 3.61. The van der Waals surface area contributed by atoms with E-state index in [1.165, 1.54) is 0 Å². The van der Waals surface area contributed by atoms with Crippen LogP contribution >= 0.6 is 0 Å². The molecule has 4 unspecified atom stereocenters. The number of carboxylic acids is 1. The van der Waals surface area contributed by atoms with Gasteiger partial charge in [-0.05, 0) is 35.7 Å². The number of hydrogen-bond acceptors (Lipinski definition) is 5. The van der Waals surface area contributed by atoms with E-state index in [0.717, 1.165) is 16.2 Å². The summed E-state index contributed by atoms with van der Waals surface area (Å²) >= 11 is 0. The number of hydrogen-bond donors (Lipinski definition) is 2. The fourth-order valence-corrected chi connectivity index (χ4v) is 4.88. The number of carbonyl (C=O) groups excluding carboxylic acids is 2. The zero-order chi connectivity index (χ0) is 23.0. The third kappa shape index (κ3) is 3.29. The van der Waals surface area contributed by atoms with Crippen LogP contribution in [0.5, 0.6) is 5.75 Å². The van der Waals surface area contributed by atoms with Crippen molar-refractivity contribution >= 4 is 29.5 Å². The summed E-state index contributed by atoms with van der Waals surface area (Å²) in [6.45, 7) is 3.52. The number of nitrogens with one attached hydrogen (secondary N) is 1. The number of imide groups is 1. The minimum Gasteiger partial charge on any atom is -0.497 e. The number of ether oxygens (including phenoxy) is 1. The summed E-state index contributed by atoms with van der Waals surface area (Å²) in [5.41, 5.74) is -0.216. The molecule has 2 heterocycles. The predicted octanol–water partition coefficient (Wildman–Crippen LogP) is 2.97. The Morgan fingerprint density at radius 2 is 1.75 bits per heavy atom. The van der Waals surface area contributed by atoms with Crippen molar-refractivity contribution in [3.8, 4) is 5.75 Å². The van der Waals surface area contributed by atoms with E-state index in [4.69, 9.17) is 4.74 Å². The number of carbonyl (C=O) groups is 3. The molecule has 7 nitrogen and oxygen atoms in total. The summed E-state index contributed by atoms with van der Waals surface area (Å²) < 4.78 is 5.17. The minimum atomic E-state index is -1.55. The fraction of sp³-hybridized carbons (Fsp3) is 0.320. The monoisotopic (exact) mass is 434 g/mol. The molecule has 2 saturated heterocycles. The van der Waals surface area contributed by atoms with E-state index in [-0.39, 0.29) is 5.91 Å². The number of methoxy groups -OCH3 is 1. The van der Waals surface area contributed by atoms with E-state index in [0.29, 0.717) is 5.69 Å². The van der Waals surface area contributed by atoms with Crippen molar-refractivity contribution in [1.82, 2.24) is 5.32 Å². The van der Waals surface area contributed by atoms with Gasteiger partial charge in [0.25, 0.3) is 0 Å². The Morgan fingerprint density at radius 3 is 2.31 bits per heavy atom. The average molecular weight is 434 g/mol. The van der Waals surface area contributed by atoms with Crippen LogP contribution in [0.3, 0.4) is 0 Å². The maximum absolute atomic E-state index is 13.5. The van der Waals surface area contributed by atoms with Gasteiger partial charge < -0.3 is 9.84 Å². The molecule has 0 spiro atoms. The molecule has 4 atom stereocenters. The third-order valence-electron chi connectivity index (χ3n) is 6.52. The van der Waals surface area contributed by atoms with Crippen molar-refractivity contribution in [3.05, 3.63) is 66.2 Å². The van der Waals surface area contributed by atoms with Gasteiger partial charge in [0.2, 0.25) is 11.8 Å². The first-order valence-electron chi connectivity index (χ1n) is 10.6. The van der Waals surface area contributed by atoms with Gasteiger partial charge >= 0.3 is 5.97 Å². The lowest BCUT2D eigenvalue weighted by molar-refractivity contribution is -0.151. The van der Waals surface area contributed by atoms with Gasteiger partial charge in [0, 0.05) is 6.04 Å². The normalized spacial score (nSPS) is 27.4. The first-order valence-corrected chi connectivity index (χ1v) is 10.6. The maximum atomic E-state index is 13.5. The minimum absolute atomic E-state index is 0.383. The highest BCUT2D eigenvalue weighted by atomic mass is 16.5. The molecule has 2 aliphatic rings. The first kappa shape index (κ1) is 21.8. The van der Waals surface area contributed by atoms with Gasteiger partial charge in [-0.2, -0.15) is 0 Å². The van der Waals surface area contributed by atoms with E-state index in [9.17, 15) is 19.5 Å². The zero-order valence-corrected chi connectivity index (χ0v) is 18.2. The van der Waals surface area contributed by atoms with Crippen LogP contribution in [0.15, 0.2) is 60.7 Å². The molecule has 2 aromatic carbocycles. The highest BCUT2D eigenvalue weighted by Crippen LogP contribution is 2.47. The van der Waals surface area contributed by atoms with Crippen molar-refractivity contribution in [2.45, 2.75) is 25.4 Å². The molecular weight excluding hydrogens is 408 g/mol. The van der Waals surface area contributed by atoms with Gasteiger partial charge in [0.1, 0.15) is 11.3 Å². The largest absolute Gasteiger partial charge is 0.497 e. The molecule has 2 N–H and O–H groups in total. The molecule has 7 heteroatoms. The number of nitrogens with zero attached hydrogens (tertiary/aromatic N) is 1. The number of para-hydroxylation sites is 1. The van der Waals surface area contributed by atoms with Crippen LogP contribution in [0.4, 0.5) is 5.69 Å². The Labute approximate surface area is 186 Å². The molecule has 0 saturated carbocycles. The van der Waals surface area contributed by atoms with Crippen molar-refractivity contribution in [1.29, 1.82) is 0 Å². The summed E-state index contributed by atoms with van der Waals surface area (Å²) in [6, 6.07) is 15.4. The molecule has 0 aromatic heterocycles. The number of benzene rings is 2. The van der Waals surface area contributed by atoms with Crippen LogP contribution in [-0.4, -0.2) is 41.6 Å². The highest BCUT2D eigenvalue weighted by molar-refractivity contribution is 6.24. The van der Waals surface area contributed by atoms with E-state index in [1.54, 1.807) is 57.4 Å². The SMILES string of the molecule is COc1ccc(C=CC2NC(C(=O)O)(C(C)C)C3C(=O)N(c4ccccc4)C(=O)C23)cc1. The van der Waals surface area contributed by atoms with Crippen LogP contribution in [0.2, 0.25) is 0 Å². The third-order valence-corrected chi connectivity index (χ3v) is 6.52. The van der Waals surface area contributed by atoms with E-state index in [1.807, 2.05) is 30.3 Å². The number of amides is 2. The second-order valence-electron chi connectivity index (χ2n) is 8.48. The lowest BCUT2D eigenvalue weighted by atomic mass is 9.73. The van der Waals surface area contributed by atoms with Gasteiger partial charge in [-0.1, -0.05) is 56.3 Å². The molecule has 166 valence electrons. The van der Waals surface area contributed by atoms with Gasteiger partial charge in [-0.3, -0.25) is 19.7 Å². The van der Waals surface area contributed by atoms with Crippen molar-refractivity contribution < 1.29 is 24.2 Å². The van der Waals surface area contributed by atoms with Crippen LogP contribution in [-0.2, 0) is 14.4 Å². The molecule has 2 aliphatic heterocycles. The van der Waals surface area contributed by atoms with E-state index >= 15 is 0 Å². The Kier molecular flexibility index (Phi) is 5.60. The molecule has 2 aromatic rings. The molecule has 0 radical (unpaired) electrons. The van der Waals surface area contributed by atoms with Gasteiger partial charge in [-0.25, -0.2) is 4.90 Å². The van der Waals surface area contributed by atoms with Crippen molar-refractivity contribution in [2.24, 2.45) is 17.8 Å². The molecular formula is C25H26N2O5. The van der Waals surface area contributed by atoms with Crippen LogP contribution in [0.25, 0.3) is 6.08 Å². The second kappa shape index (κ2) is 8.24. The van der Waals surface area contributed by atoms with Crippen LogP contribution in [0.1, 0.15) is 19.4 Å². The quantitative estimate of drug-likeness (QED) is 0.679. The zero-order valence-electron chi connectivity index (χ0n) is 18.2. The van der Waals surface area contributed by atoms with E-state index in [2.05, 4.69) is 5.32 Å². The average Bonchev–Trinajstić information content (AvgIpc) is 3.27. The lowest BCUT2D eigenvalue weighted by Crippen LogP contribution is -2.60. The Bertz CT molecular complexity index is 1060. The molecule has 0 aliphatic carbocycles. The molecule has 32 heavy (non-hydrogen) atoms. The Balaban J connectivity index is 1.75. The predicted molar refractivity (Wildman–Crippen MR) is 120 cm³/mol. The number of anilines is 1. The molecule has 0 bridgehead atoms. The standard InChI is InChI=1S/C25H26N2O5/c1-15(2)25(24(30)31)21-20(22(28)27(23(21)29)17-7-5-4-6-8-17)19(26-25)14-11-16-9-12-18(32-3)13-10-16/h4-15,19-21,26H,1-3H3,(H,30,31). The Hall–Kier alpha value is -3.45. The molecule has 2 fully saturated rings. The van der Waals surface area contributed by atoms with Crippen molar-refractivity contribution in [3.63, 3.8) is 0 Å². The topological polar surface area (TPSA) is 95.9 Å². The fourth-order valence-electron chi connectivity index (χ4n) is 4.88. The molecule has 4 rings (SSSR count). The Morgan fingerprint density at radius 1 is 1.09 bits per heavy atom. The van der Waals surface area contributed by atoms with Crippen molar-refractivity contribution in [2.75, 3.05) is 12.0 Å². The maximum Gasteiger partial charge on any atom is 0.325 e. The van der Waals surface area contributed by atoms with E-state index < -0.39 is 41.2 Å². The summed E-state index contributed by atoms with van der Waals surface area (Å²) in [7, 11) is 1.59. The summed E-state index contributed by atoms with van der Waals surface area (Å²) in [4.78, 5) is 40.6. The van der Waals surface area contributed by atoms with Gasteiger partial charge in [0.15, 0.2) is 0 Å². The van der Waals surface area contributed by atoms with Gasteiger partial charge in [-0.15, -0.1) is 0 Å². The number of fused-ring (bicyclic) bond motifs is 1. The van der Waals surface area contributed by atoms with Crippen LogP contribution in [0, 0.1) is 17.8 Å². The number of carboxylic acid groups (broad SMARTS) is 1. The smallest absolute Gasteiger partial charge is 0.325 e. The second-order valence-corrected chi connectivity index (χ2v) is 8.48. The van der Waals surface area contributed by atoms with Crippen LogP contribution < -0.4 is 15.0 Å². The summed E-state index contributed by atoms with van der Waals surface area (Å²) in [5.74, 6) is -3.49. The first-order chi connectivity index (χ1) is 15.3. The van der Waals surface area contributed by atoms with Gasteiger partial charge in [0.05, 0.1) is 24.6 Å².